The molecule has 0 amide bonds. The Morgan fingerprint density at radius 3 is 2.21 bits per heavy atom. The minimum atomic E-state index is -1.86. The number of aliphatic carboxylic acids is 1. The fraction of sp³-hybridized carbons (Fsp3) is 0.923. The average Bonchev–Trinajstić information content (AvgIpc) is 2.40. The van der Waals surface area contributed by atoms with Gasteiger partial charge in [0.05, 0.1) is 6.42 Å². The number of carboxylic acids is 1. The van der Waals surface area contributed by atoms with Gasteiger partial charge in [-0.25, -0.2) is 0 Å². The summed E-state index contributed by atoms with van der Waals surface area (Å²) in [6.07, 6.45) is 6.11. The van der Waals surface area contributed by atoms with E-state index in [2.05, 4.69) is 11.9 Å². The van der Waals surface area contributed by atoms with Gasteiger partial charge in [-0.2, -0.15) is 0 Å². The Balaban J connectivity index is 3.25. The van der Waals surface area contributed by atoms with Gasteiger partial charge in [0.1, 0.15) is 0 Å². The molecule has 19 heavy (non-hydrogen) atoms. The van der Waals surface area contributed by atoms with Gasteiger partial charge < -0.3 is 19.3 Å². The smallest absolute Gasteiger partial charge is 0.334 e. The first-order valence-electron chi connectivity index (χ1n) is 7.07. The van der Waals surface area contributed by atoms with Crippen LogP contribution < -0.4 is 5.32 Å². The first-order chi connectivity index (χ1) is 9.04. The van der Waals surface area contributed by atoms with E-state index in [0.29, 0.717) is 6.54 Å². The molecular weight excluding hydrogens is 262 g/mol. The number of carbonyl (C=O) groups is 1. The third-order valence-corrected chi connectivity index (χ3v) is 6.35. The van der Waals surface area contributed by atoms with Gasteiger partial charge in [-0.3, -0.25) is 4.79 Å². The molecule has 0 radical (unpaired) electrons. The number of carboxylic acid groups (broad SMARTS) is 1. The topological polar surface area (TPSA) is 67.8 Å². The van der Waals surface area contributed by atoms with Crippen molar-refractivity contribution in [3.63, 3.8) is 0 Å². The molecule has 0 aromatic rings. The zero-order chi connectivity index (χ0) is 14.6. The Morgan fingerprint density at radius 2 is 1.63 bits per heavy atom. The van der Waals surface area contributed by atoms with Crippen LogP contribution in [-0.4, -0.2) is 46.9 Å². The van der Waals surface area contributed by atoms with E-state index in [0.717, 1.165) is 25.4 Å². The van der Waals surface area contributed by atoms with Crippen molar-refractivity contribution in [2.75, 3.05) is 27.3 Å². The minimum Gasteiger partial charge on any atom is -0.481 e. The van der Waals surface area contributed by atoms with Crippen molar-refractivity contribution < 1.29 is 18.8 Å². The average molecular weight is 291 g/mol. The quantitative estimate of drug-likeness (QED) is 0.403. The molecule has 0 rings (SSSR count). The number of hydrogen-bond acceptors (Lipinski definition) is 4. The van der Waals surface area contributed by atoms with Crippen molar-refractivity contribution in [1.82, 2.24) is 5.32 Å². The van der Waals surface area contributed by atoms with Crippen molar-refractivity contribution in [3.8, 4) is 0 Å². The van der Waals surface area contributed by atoms with Crippen LogP contribution in [0.15, 0.2) is 0 Å². The van der Waals surface area contributed by atoms with Crippen LogP contribution in [0.4, 0.5) is 0 Å². The highest BCUT2D eigenvalue weighted by molar-refractivity contribution is 6.65. The minimum absolute atomic E-state index is 0.206. The lowest BCUT2D eigenvalue weighted by atomic mass is 10.1. The third-order valence-electron chi connectivity index (χ3n) is 3.36. The van der Waals surface area contributed by atoms with Crippen LogP contribution in [0.2, 0.25) is 12.6 Å². The Labute approximate surface area is 117 Å². The molecule has 0 aliphatic heterocycles. The number of rotatable bonds is 13. The summed E-state index contributed by atoms with van der Waals surface area (Å²) in [5.74, 6) is -0.740. The van der Waals surface area contributed by atoms with Gasteiger partial charge in [-0.05, 0) is 25.6 Å². The van der Waals surface area contributed by atoms with E-state index >= 15 is 0 Å². The van der Waals surface area contributed by atoms with E-state index in [9.17, 15) is 4.79 Å². The Bertz CT molecular complexity index is 235. The first-order valence-corrected chi connectivity index (χ1v) is 9.59. The summed E-state index contributed by atoms with van der Waals surface area (Å²) in [6, 6.07) is 1.05. The molecule has 0 heterocycles. The summed E-state index contributed by atoms with van der Waals surface area (Å²) in [4.78, 5) is 10.3. The maximum absolute atomic E-state index is 10.3. The highest BCUT2D eigenvalue weighted by atomic mass is 28.4. The van der Waals surface area contributed by atoms with E-state index in [4.69, 9.17) is 14.0 Å². The highest BCUT2D eigenvalue weighted by Gasteiger charge is 2.27. The molecule has 0 fully saturated rings. The van der Waals surface area contributed by atoms with Crippen molar-refractivity contribution >= 4 is 14.5 Å². The first kappa shape index (κ1) is 18.6. The lowest BCUT2D eigenvalue weighted by Crippen LogP contribution is -2.35. The fourth-order valence-electron chi connectivity index (χ4n) is 1.83. The predicted molar refractivity (Wildman–Crippen MR) is 78.7 cm³/mol. The molecule has 0 unspecified atom stereocenters. The molecule has 0 atom stereocenters. The van der Waals surface area contributed by atoms with Crippen LogP contribution in [-0.2, 0) is 13.6 Å². The molecule has 0 saturated carbocycles. The number of nitrogens with one attached hydrogen (secondary N) is 1. The zero-order valence-electron chi connectivity index (χ0n) is 12.5. The third kappa shape index (κ3) is 11.1. The van der Waals surface area contributed by atoms with Crippen molar-refractivity contribution in [1.29, 1.82) is 0 Å². The normalized spacial score (nSPS) is 11.7. The lowest BCUT2D eigenvalue weighted by Gasteiger charge is -2.22. The van der Waals surface area contributed by atoms with Gasteiger partial charge in [-0.15, -0.1) is 0 Å². The predicted octanol–water partition coefficient (Wildman–Crippen LogP) is 2.37. The van der Waals surface area contributed by atoms with Crippen molar-refractivity contribution in [2.24, 2.45) is 0 Å². The molecule has 0 spiro atoms. The zero-order valence-corrected chi connectivity index (χ0v) is 13.5. The second-order valence-electron chi connectivity index (χ2n) is 4.95. The van der Waals surface area contributed by atoms with Crippen LogP contribution in [0.25, 0.3) is 0 Å². The second kappa shape index (κ2) is 11.4. The maximum atomic E-state index is 10.3. The number of unbranched alkanes of at least 4 members (excludes halogenated alkanes) is 4. The Hall–Kier alpha value is -0.433. The molecule has 0 aliphatic rings. The van der Waals surface area contributed by atoms with Crippen molar-refractivity contribution in [3.05, 3.63) is 0 Å². The molecule has 0 aromatic carbocycles. The lowest BCUT2D eigenvalue weighted by molar-refractivity contribution is -0.136. The van der Waals surface area contributed by atoms with Crippen LogP contribution in [0.1, 0.15) is 38.5 Å². The standard InChI is InChI=1S/C13H29NO4Si/c1-17-19(3,18-2)12-8-6-4-5-7-10-14-11-9-13(15)16/h14H,4-12H2,1-3H3,(H,15,16). The summed E-state index contributed by atoms with van der Waals surface area (Å²) in [6.45, 7) is 3.58. The number of hydrogen-bond donors (Lipinski definition) is 2. The van der Waals surface area contributed by atoms with Crippen LogP contribution >= 0.6 is 0 Å². The molecule has 6 heteroatoms. The SMILES string of the molecule is CO[Si](C)(CCCCCCCNCCC(=O)O)OC. The van der Waals surface area contributed by atoms with Gasteiger partial charge in [0, 0.05) is 20.8 Å². The molecule has 114 valence electrons. The summed E-state index contributed by atoms with van der Waals surface area (Å²) in [5.41, 5.74) is 0. The largest absolute Gasteiger partial charge is 0.481 e. The van der Waals surface area contributed by atoms with Crippen LogP contribution in [0, 0.1) is 0 Å². The Kier molecular flexibility index (Phi) is 11.1. The van der Waals surface area contributed by atoms with Crippen LogP contribution in [0.3, 0.4) is 0 Å². The maximum Gasteiger partial charge on any atom is 0.334 e. The van der Waals surface area contributed by atoms with Gasteiger partial charge in [0.2, 0.25) is 0 Å². The van der Waals surface area contributed by atoms with Gasteiger partial charge >= 0.3 is 14.5 Å². The summed E-state index contributed by atoms with van der Waals surface area (Å²) < 4.78 is 10.9. The van der Waals surface area contributed by atoms with E-state index < -0.39 is 14.5 Å². The van der Waals surface area contributed by atoms with E-state index in [-0.39, 0.29) is 6.42 Å². The fourth-order valence-corrected chi connectivity index (χ4v) is 3.30. The van der Waals surface area contributed by atoms with Crippen molar-refractivity contribution in [2.45, 2.75) is 51.1 Å². The summed E-state index contributed by atoms with van der Waals surface area (Å²) in [5, 5.41) is 11.6. The van der Waals surface area contributed by atoms with E-state index in [1.165, 1.54) is 19.3 Å². The van der Waals surface area contributed by atoms with Crippen LogP contribution in [0.5, 0.6) is 0 Å². The molecular formula is C13H29NO4Si. The van der Waals surface area contributed by atoms with Gasteiger partial charge in [0.25, 0.3) is 0 Å². The molecule has 0 aliphatic carbocycles. The van der Waals surface area contributed by atoms with E-state index in [1.54, 1.807) is 14.2 Å². The highest BCUT2D eigenvalue weighted by Crippen LogP contribution is 2.16. The second-order valence-corrected chi connectivity index (χ2v) is 8.54. The van der Waals surface area contributed by atoms with E-state index in [1.807, 2.05) is 0 Å². The summed E-state index contributed by atoms with van der Waals surface area (Å²) >= 11 is 0. The molecule has 0 saturated heterocycles. The molecule has 2 N–H and O–H groups in total. The van der Waals surface area contributed by atoms with Gasteiger partial charge in [0.15, 0.2) is 0 Å². The summed E-state index contributed by atoms with van der Waals surface area (Å²) in [7, 11) is 1.61. The molecule has 0 bridgehead atoms. The van der Waals surface area contributed by atoms with Gasteiger partial charge in [-0.1, -0.05) is 25.7 Å². The Morgan fingerprint density at radius 1 is 1.05 bits per heavy atom. The molecule has 5 nitrogen and oxygen atoms in total. The monoisotopic (exact) mass is 291 g/mol. The molecule has 0 aromatic heterocycles.